The van der Waals surface area contributed by atoms with Crippen LogP contribution in [0.15, 0.2) is 58.2 Å². The van der Waals surface area contributed by atoms with Crippen molar-refractivity contribution in [3.63, 3.8) is 0 Å². The van der Waals surface area contributed by atoms with Crippen LogP contribution in [0.5, 0.6) is 0 Å². The molecule has 0 unspecified atom stereocenters. The molecule has 1 saturated heterocycles. The van der Waals surface area contributed by atoms with Crippen molar-refractivity contribution in [2.75, 3.05) is 6.54 Å². The van der Waals surface area contributed by atoms with E-state index in [0.29, 0.717) is 28.0 Å². The minimum absolute atomic E-state index is 0.236. The highest BCUT2D eigenvalue weighted by atomic mass is 32.2. The molecule has 6 nitrogen and oxygen atoms in total. The van der Waals surface area contributed by atoms with Gasteiger partial charge in [-0.05, 0) is 37.1 Å². The Bertz CT molecular complexity index is 1100. The van der Waals surface area contributed by atoms with E-state index in [2.05, 4.69) is 16.4 Å². The number of rotatable bonds is 6. The van der Waals surface area contributed by atoms with E-state index in [-0.39, 0.29) is 11.8 Å². The Morgan fingerprint density at radius 2 is 2.17 bits per heavy atom. The molecule has 0 spiro atoms. The van der Waals surface area contributed by atoms with Crippen LogP contribution < -0.4 is 5.32 Å². The maximum absolute atomic E-state index is 12.7. The minimum Gasteiger partial charge on any atom is -0.465 e. The first-order chi connectivity index (χ1) is 14.0. The fourth-order valence-corrected chi connectivity index (χ4v) is 4.64. The molecule has 1 atom stereocenters. The van der Waals surface area contributed by atoms with Crippen LogP contribution in [0.25, 0.3) is 17.0 Å². The summed E-state index contributed by atoms with van der Waals surface area (Å²) in [6.45, 7) is 2.16. The number of para-hydroxylation sites is 1. The number of hydrogen-bond acceptors (Lipinski definition) is 5. The van der Waals surface area contributed by atoms with Gasteiger partial charge in [-0.3, -0.25) is 14.5 Å². The fraction of sp³-hybridized carbons (Fsp3) is 0.190. The molecule has 0 bridgehead atoms. The highest BCUT2D eigenvalue weighted by Gasteiger charge is 2.38. The van der Waals surface area contributed by atoms with Crippen LogP contribution in [-0.2, 0) is 16.0 Å². The molecule has 0 saturated carbocycles. The maximum atomic E-state index is 12.7. The number of carbonyl (C=O) groups excluding carboxylic acids is 2. The van der Waals surface area contributed by atoms with Crippen molar-refractivity contribution in [3.05, 3.63) is 65.1 Å². The lowest BCUT2D eigenvalue weighted by atomic mass is 10.1. The van der Waals surface area contributed by atoms with Gasteiger partial charge in [0.25, 0.3) is 5.91 Å². The fourth-order valence-electron chi connectivity index (χ4n) is 3.24. The standard InChI is InChI=1S/C21H19N3O3S2/c1-13(24-20(26)18(29-21(24)28)11-15-5-4-10-27-15)19(25)22-9-8-14-12-23-17-7-3-2-6-16(14)17/h2-7,10-13,23H,8-9H2,1H3,(H,22,25)/b18-11-/t13-/m1/s1. The third kappa shape index (κ3) is 3.99. The van der Waals surface area contributed by atoms with E-state index in [1.807, 2.05) is 24.4 Å². The largest absolute Gasteiger partial charge is 0.465 e. The highest BCUT2D eigenvalue weighted by molar-refractivity contribution is 8.26. The Hall–Kier alpha value is -2.84. The van der Waals surface area contributed by atoms with Crippen LogP contribution in [0.4, 0.5) is 0 Å². The summed E-state index contributed by atoms with van der Waals surface area (Å²) in [6, 6.07) is 10.9. The molecule has 3 heterocycles. The summed E-state index contributed by atoms with van der Waals surface area (Å²) in [4.78, 5) is 30.4. The average Bonchev–Trinajstić information content (AvgIpc) is 3.43. The first kappa shape index (κ1) is 19.5. The van der Waals surface area contributed by atoms with Gasteiger partial charge in [-0.1, -0.05) is 42.2 Å². The average molecular weight is 426 g/mol. The van der Waals surface area contributed by atoms with Crippen molar-refractivity contribution >= 4 is 57.1 Å². The van der Waals surface area contributed by atoms with Crippen molar-refractivity contribution in [2.45, 2.75) is 19.4 Å². The number of thioether (sulfide) groups is 1. The summed E-state index contributed by atoms with van der Waals surface area (Å²) < 4.78 is 5.62. The van der Waals surface area contributed by atoms with Gasteiger partial charge >= 0.3 is 0 Å². The Morgan fingerprint density at radius 1 is 1.34 bits per heavy atom. The van der Waals surface area contributed by atoms with Crippen LogP contribution in [0.1, 0.15) is 18.2 Å². The number of nitrogens with zero attached hydrogens (tertiary/aromatic N) is 1. The SMILES string of the molecule is C[C@H](C(=O)NCCc1c[nH]c2ccccc12)N1C(=O)/C(=C/c2ccco2)SC1=S. The summed E-state index contributed by atoms with van der Waals surface area (Å²) in [5, 5.41) is 4.06. The lowest BCUT2D eigenvalue weighted by molar-refractivity contribution is -0.132. The van der Waals surface area contributed by atoms with Crippen LogP contribution in [0, 0.1) is 0 Å². The normalized spacial score (nSPS) is 16.7. The van der Waals surface area contributed by atoms with Gasteiger partial charge < -0.3 is 14.7 Å². The Balaban J connectivity index is 1.37. The minimum atomic E-state index is -0.687. The van der Waals surface area contributed by atoms with Gasteiger partial charge in [0.15, 0.2) is 0 Å². The van der Waals surface area contributed by atoms with Crippen molar-refractivity contribution in [2.24, 2.45) is 0 Å². The number of fused-ring (bicyclic) bond motifs is 1. The number of aromatic amines is 1. The molecular weight excluding hydrogens is 406 g/mol. The van der Waals surface area contributed by atoms with Crippen molar-refractivity contribution in [3.8, 4) is 0 Å². The van der Waals surface area contributed by atoms with Gasteiger partial charge in [0.2, 0.25) is 5.91 Å². The number of aromatic nitrogens is 1. The third-order valence-electron chi connectivity index (χ3n) is 4.78. The first-order valence-electron chi connectivity index (χ1n) is 9.18. The van der Waals surface area contributed by atoms with E-state index in [9.17, 15) is 9.59 Å². The van der Waals surface area contributed by atoms with Gasteiger partial charge in [-0.15, -0.1) is 0 Å². The van der Waals surface area contributed by atoms with Gasteiger partial charge in [-0.25, -0.2) is 0 Å². The molecule has 4 rings (SSSR count). The van der Waals surface area contributed by atoms with E-state index < -0.39 is 6.04 Å². The smallest absolute Gasteiger partial charge is 0.267 e. The molecule has 1 aliphatic rings. The van der Waals surface area contributed by atoms with Crippen molar-refractivity contribution in [1.82, 2.24) is 15.2 Å². The quantitative estimate of drug-likeness (QED) is 0.465. The number of amides is 2. The second kappa shape index (κ2) is 8.26. The highest BCUT2D eigenvalue weighted by Crippen LogP contribution is 2.34. The number of benzene rings is 1. The summed E-state index contributed by atoms with van der Waals surface area (Å²) in [5.41, 5.74) is 2.21. The topological polar surface area (TPSA) is 78.3 Å². The summed E-state index contributed by atoms with van der Waals surface area (Å²) in [7, 11) is 0. The van der Waals surface area contributed by atoms with Crippen LogP contribution in [0.3, 0.4) is 0 Å². The number of furan rings is 1. The van der Waals surface area contributed by atoms with E-state index in [0.717, 1.165) is 16.5 Å². The van der Waals surface area contributed by atoms with Crippen molar-refractivity contribution in [1.29, 1.82) is 0 Å². The van der Waals surface area contributed by atoms with E-state index in [4.69, 9.17) is 16.6 Å². The van der Waals surface area contributed by atoms with Gasteiger partial charge in [-0.2, -0.15) is 0 Å². The molecule has 0 radical (unpaired) electrons. The van der Waals surface area contributed by atoms with Gasteiger partial charge in [0.1, 0.15) is 16.1 Å². The van der Waals surface area contributed by atoms with Crippen LogP contribution >= 0.6 is 24.0 Å². The Kier molecular flexibility index (Phi) is 5.55. The Labute approximate surface area is 177 Å². The zero-order chi connectivity index (χ0) is 20.4. The maximum Gasteiger partial charge on any atom is 0.267 e. The number of carbonyl (C=O) groups is 2. The van der Waals surface area contributed by atoms with Crippen molar-refractivity contribution < 1.29 is 14.0 Å². The molecule has 3 aromatic rings. The Morgan fingerprint density at radius 3 is 2.97 bits per heavy atom. The van der Waals surface area contributed by atoms with E-state index in [1.54, 1.807) is 25.1 Å². The summed E-state index contributed by atoms with van der Waals surface area (Å²) in [5.74, 6) is 0.0532. The molecule has 1 fully saturated rings. The number of hydrogen-bond donors (Lipinski definition) is 2. The second-order valence-corrected chi connectivity index (χ2v) is 8.32. The molecular formula is C21H19N3O3S2. The number of H-pyrrole nitrogens is 1. The predicted molar refractivity (Wildman–Crippen MR) is 118 cm³/mol. The lowest BCUT2D eigenvalue weighted by Crippen LogP contribution is -2.47. The lowest BCUT2D eigenvalue weighted by Gasteiger charge is -2.22. The molecule has 2 aromatic heterocycles. The van der Waals surface area contributed by atoms with E-state index >= 15 is 0 Å². The van der Waals surface area contributed by atoms with Crippen LogP contribution in [-0.4, -0.2) is 38.6 Å². The summed E-state index contributed by atoms with van der Waals surface area (Å²) in [6.07, 6.45) is 5.83. The zero-order valence-corrected chi connectivity index (χ0v) is 17.3. The molecule has 1 aromatic carbocycles. The molecule has 2 amide bonds. The van der Waals surface area contributed by atoms with Gasteiger partial charge in [0, 0.05) is 29.7 Å². The molecule has 29 heavy (non-hydrogen) atoms. The molecule has 1 aliphatic heterocycles. The number of thiocarbonyl (C=S) groups is 1. The summed E-state index contributed by atoms with van der Waals surface area (Å²) >= 11 is 6.50. The van der Waals surface area contributed by atoms with Crippen LogP contribution in [0.2, 0.25) is 0 Å². The van der Waals surface area contributed by atoms with Gasteiger partial charge in [0.05, 0.1) is 11.2 Å². The molecule has 148 valence electrons. The first-order valence-corrected chi connectivity index (χ1v) is 10.4. The number of nitrogens with one attached hydrogen (secondary N) is 2. The predicted octanol–water partition coefficient (Wildman–Crippen LogP) is 3.71. The molecule has 8 heteroatoms. The van der Waals surface area contributed by atoms with E-state index in [1.165, 1.54) is 22.9 Å². The third-order valence-corrected chi connectivity index (χ3v) is 6.11. The molecule has 0 aliphatic carbocycles. The molecule has 2 N–H and O–H groups in total. The second-order valence-electron chi connectivity index (χ2n) is 6.64. The zero-order valence-electron chi connectivity index (χ0n) is 15.7. The monoisotopic (exact) mass is 425 g/mol.